The fraction of sp³-hybridized carbons (Fsp3) is 0.920. The summed E-state index contributed by atoms with van der Waals surface area (Å²) in [5.74, 6) is 2.91. The summed E-state index contributed by atoms with van der Waals surface area (Å²) in [7, 11) is 0. The molecular weight excluding hydrogens is 332 g/mol. The smallest absolute Gasteiger partial charge is 0.196 e. The molecule has 2 fully saturated rings. The molecule has 3 atom stereocenters. The van der Waals surface area contributed by atoms with Gasteiger partial charge in [-0.15, -0.1) is 0 Å². The van der Waals surface area contributed by atoms with E-state index in [1.54, 1.807) is 0 Å². The van der Waals surface area contributed by atoms with Crippen molar-refractivity contribution in [1.29, 1.82) is 0 Å². The molecule has 156 valence electrons. The molecule has 27 heavy (non-hydrogen) atoms. The second kappa shape index (κ2) is 8.09. The predicted octanol–water partition coefficient (Wildman–Crippen LogP) is 7.48. The molecule has 0 heterocycles. The number of allylic oxidation sites excluding steroid dienone is 2. The average Bonchev–Trinajstić information content (AvgIpc) is 3.02. The minimum atomic E-state index is -0.105. The lowest BCUT2D eigenvalue weighted by Gasteiger charge is -2.28. The summed E-state index contributed by atoms with van der Waals surface area (Å²) < 4.78 is 12.1. The first-order chi connectivity index (χ1) is 12.6. The Bertz CT molecular complexity index is 521. The number of hydrogen-bond donors (Lipinski definition) is 0. The number of rotatable bonds is 7. The Hall–Kier alpha value is -0.500. The van der Waals surface area contributed by atoms with Gasteiger partial charge in [0.1, 0.15) is 0 Å². The lowest BCUT2D eigenvalue weighted by molar-refractivity contribution is -0.110. The summed E-state index contributed by atoms with van der Waals surface area (Å²) in [6.45, 7) is 15.0. The Morgan fingerprint density at radius 3 is 2.44 bits per heavy atom. The van der Waals surface area contributed by atoms with Gasteiger partial charge in [0.15, 0.2) is 6.29 Å². The minimum Gasteiger partial charge on any atom is -0.470 e. The van der Waals surface area contributed by atoms with Gasteiger partial charge in [-0.1, -0.05) is 66.7 Å². The Balaban J connectivity index is 1.42. The minimum absolute atomic E-state index is 0.105. The largest absolute Gasteiger partial charge is 0.470 e. The van der Waals surface area contributed by atoms with Crippen LogP contribution in [0.25, 0.3) is 0 Å². The van der Waals surface area contributed by atoms with Crippen LogP contribution in [0.2, 0.25) is 0 Å². The van der Waals surface area contributed by atoms with Crippen LogP contribution in [-0.2, 0) is 9.47 Å². The van der Waals surface area contributed by atoms with Crippen molar-refractivity contribution in [3.63, 3.8) is 0 Å². The van der Waals surface area contributed by atoms with Gasteiger partial charge in [0, 0.05) is 6.42 Å². The molecule has 0 radical (unpaired) electrons. The molecule has 0 amide bonds. The maximum Gasteiger partial charge on any atom is 0.196 e. The van der Waals surface area contributed by atoms with E-state index in [1.165, 1.54) is 63.5 Å². The van der Waals surface area contributed by atoms with Gasteiger partial charge in [0.2, 0.25) is 0 Å². The molecule has 2 saturated carbocycles. The number of hydrogen-bond acceptors (Lipinski definition) is 2. The van der Waals surface area contributed by atoms with Crippen LogP contribution in [0.15, 0.2) is 11.8 Å². The third-order valence-corrected chi connectivity index (χ3v) is 7.99. The highest BCUT2D eigenvalue weighted by Crippen LogP contribution is 2.76. The molecule has 0 aromatic rings. The van der Waals surface area contributed by atoms with Crippen LogP contribution in [0.3, 0.4) is 0 Å². The van der Waals surface area contributed by atoms with Gasteiger partial charge >= 0.3 is 0 Å². The van der Waals surface area contributed by atoms with Gasteiger partial charge in [-0.05, 0) is 66.8 Å². The monoisotopic (exact) mass is 376 g/mol. The van der Waals surface area contributed by atoms with Gasteiger partial charge in [0.05, 0.1) is 12.4 Å². The zero-order chi connectivity index (χ0) is 19.7. The molecule has 0 aliphatic heterocycles. The highest BCUT2D eigenvalue weighted by molar-refractivity contribution is 5.23. The molecule has 3 aliphatic carbocycles. The van der Waals surface area contributed by atoms with Crippen molar-refractivity contribution in [2.24, 2.45) is 28.1 Å². The van der Waals surface area contributed by atoms with Crippen LogP contribution in [-0.4, -0.2) is 12.9 Å². The molecule has 0 N–H and O–H groups in total. The molecule has 1 spiro atoms. The second-order valence-corrected chi connectivity index (χ2v) is 11.4. The molecule has 2 heteroatoms. The van der Waals surface area contributed by atoms with Gasteiger partial charge in [-0.3, -0.25) is 0 Å². The summed E-state index contributed by atoms with van der Waals surface area (Å²) in [4.78, 5) is 0. The topological polar surface area (TPSA) is 18.5 Å². The fourth-order valence-corrected chi connectivity index (χ4v) is 6.10. The Labute approximate surface area is 168 Å². The normalized spacial score (nSPS) is 32.2. The van der Waals surface area contributed by atoms with E-state index in [9.17, 15) is 0 Å². The predicted molar refractivity (Wildman–Crippen MR) is 113 cm³/mol. The molecule has 2 nitrogen and oxygen atoms in total. The second-order valence-electron chi connectivity index (χ2n) is 11.4. The van der Waals surface area contributed by atoms with E-state index in [4.69, 9.17) is 9.47 Å². The fourth-order valence-electron chi connectivity index (χ4n) is 6.10. The van der Waals surface area contributed by atoms with Crippen molar-refractivity contribution in [2.75, 3.05) is 6.61 Å². The van der Waals surface area contributed by atoms with Gasteiger partial charge in [-0.2, -0.15) is 0 Å². The highest BCUT2D eigenvalue weighted by Gasteiger charge is 2.69. The van der Waals surface area contributed by atoms with Crippen molar-refractivity contribution >= 4 is 0 Å². The molecule has 0 aromatic carbocycles. The van der Waals surface area contributed by atoms with Crippen LogP contribution < -0.4 is 0 Å². The van der Waals surface area contributed by atoms with Gasteiger partial charge < -0.3 is 9.47 Å². The number of ether oxygens (including phenoxy) is 2. The lowest BCUT2D eigenvalue weighted by atomic mass is 9.81. The molecule has 3 aliphatic rings. The molecule has 0 bridgehead atoms. The average molecular weight is 377 g/mol. The van der Waals surface area contributed by atoms with E-state index in [-0.39, 0.29) is 6.29 Å². The van der Waals surface area contributed by atoms with Crippen LogP contribution in [0.4, 0.5) is 0 Å². The van der Waals surface area contributed by atoms with E-state index < -0.39 is 0 Å². The van der Waals surface area contributed by atoms with E-state index in [1.807, 2.05) is 0 Å². The van der Waals surface area contributed by atoms with Crippen LogP contribution in [0.1, 0.15) is 106 Å². The van der Waals surface area contributed by atoms with Crippen molar-refractivity contribution < 1.29 is 9.47 Å². The summed E-state index contributed by atoms with van der Waals surface area (Å²) in [6, 6.07) is 0. The molecule has 0 saturated heterocycles. The van der Waals surface area contributed by atoms with Gasteiger partial charge in [-0.25, -0.2) is 0 Å². The first-order valence-corrected chi connectivity index (χ1v) is 11.6. The Morgan fingerprint density at radius 2 is 1.85 bits per heavy atom. The van der Waals surface area contributed by atoms with Crippen molar-refractivity contribution in [2.45, 2.75) is 112 Å². The quantitative estimate of drug-likeness (QED) is 0.429. The van der Waals surface area contributed by atoms with Crippen LogP contribution in [0, 0.1) is 28.1 Å². The third-order valence-electron chi connectivity index (χ3n) is 7.99. The summed E-state index contributed by atoms with van der Waals surface area (Å²) in [5.41, 5.74) is 1.41. The van der Waals surface area contributed by atoms with Gasteiger partial charge in [0.25, 0.3) is 0 Å². The highest BCUT2D eigenvalue weighted by atomic mass is 16.7. The third kappa shape index (κ3) is 4.92. The molecule has 3 rings (SSSR count). The summed E-state index contributed by atoms with van der Waals surface area (Å²) >= 11 is 0. The molecular formula is C25H44O2. The van der Waals surface area contributed by atoms with Crippen LogP contribution >= 0.6 is 0 Å². The Kier molecular flexibility index (Phi) is 6.36. The van der Waals surface area contributed by atoms with E-state index >= 15 is 0 Å². The summed E-state index contributed by atoms with van der Waals surface area (Å²) in [6.07, 6.45) is 15.4. The van der Waals surface area contributed by atoms with Crippen molar-refractivity contribution in [1.82, 2.24) is 0 Å². The summed E-state index contributed by atoms with van der Waals surface area (Å²) in [5, 5.41) is 0. The standard InChI is InChI=1S/C25H44O2/c1-19(26-17-14-20-10-8-7-9-11-20)27-21-12-15-25(16-13-21)22(24(25,5)6)18-23(2,3)4/h12,19-20,22H,7-11,13-18H2,1-6H3. The van der Waals surface area contributed by atoms with Crippen molar-refractivity contribution in [3.8, 4) is 0 Å². The Morgan fingerprint density at radius 1 is 1.15 bits per heavy atom. The van der Waals surface area contributed by atoms with Crippen LogP contribution in [0.5, 0.6) is 0 Å². The first kappa shape index (κ1) is 21.2. The molecule has 0 aromatic heterocycles. The zero-order valence-corrected chi connectivity index (χ0v) is 18.9. The first-order valence-electron chi connectivity index (χ1n) is 11.6. The molecule has 3 unspecified atom stereocenters. The SMILES string of the molecule is CC(OCCC1CCCCC1)OC1=CCC2(CC1)C(CC(C)(C)C)C2(C)C. The van der Waals surface area contributed by atoms with Crippen molar-refractivity contribution in [3.05, 3.63) is 11.8 Å². The van der Waals surface area contributed by atoms with E-state index in [2.05, 4.69) is 47.6 Å². The maximum absolute atomic E-state index is 6.15. The van der Waals surface area contributed by atoms with E-state index in [0.717, 1.165) is 24.9 Å². The lowest BCUT2D eigenvalue weighted by Crippen LogP contribution is -2.20. The van der Waals surface area contributed by atoms with E-state index in [0.29, 0.717) is 16.2 Å². The zero-order valence-electron chi connectivity index (χ0n) is 18.9. The maximum atomic E-state index is 6.15.